The maximum Gasteiger partial charge on any atom is 0.131 e. The van der Waals surface area contributed by atoms with E-state index in [1.54, 1.807) is 6.07 Å². The van der Waals surface area contributed by atoms with Crippen LogP contribution in [0.5, 0.6) is 0 Å². The van der Waals surface area contributed by atoms with Gasteiger partial charge in [0.05, 0.1) is 10.4 Å². The zero-order chi connectivity index (χ0) is 11.1. The summed E-state index contributed by atoms with van der Waals surface area (Å²) in [5.41, 5.74) is 0. The third-order valence-electron chi connectivity index (χ3n) is 1.57. The van der Waals surface area contributed by atoms with Crippen LogP contribution in [0.2, 0.25) is 10.2 Å². The van der Waals surface area contributed by atoms with Gasteiger partial charge in [-0.05, 0) is 19.9 Å². The van der Waals surface area contributed by atoms with Crippen LogP contribution in [0.4, 0.5) is 0 Å². The predicted octanol–water partition coefficient (Wildman–Crippen LogP) is 3.02. The Morgan fingerprint density at radius 3 is 2.14 bits per heavy atom. The van der Waals surface area contributed by atoms with Crippen LogP contribution in [0.15, 0.2) is 6.07 Å². The molecule has 78 valence electrons. The molecule has 0 aromatic carbocycles. The summed E-state index contributed by atoms with van der Waals surface area (Å²) in [6, 6.07) is 1.64. The van der Waals surface area contributed by atoms with Crippen LogP contribution in [0, 0.1) is 0 Å². The van der Waals surface area contributed by atoms with Gasteiger partial charge in [-0.15, -0.1) is 0 Å². The molecular weight excluding hydrogens is 217 g/mol. The maximum absolute atomic E-state index is 5.94. The lowest BCUT2D eigenvalue weighted by atomic mass is 10.3. The predicted molar refractivity (Wildman–Crippen MR) is 65.1 cm³/mol. The second kappa shape index (κ2) is 6.86. The molecule has 14 heavy (non-hydrogen) atoms. The van der Waals surface area contributed by atoms with Crippen LogP contribution in [0.25, 0.3) is 12.2 Å². The molecule has 3 heteroatoms. The fourth-order valence-corrected chi connectivity index (χ4v) is 1.58. The maximum atomic E-state index is 5.94. The highest BCUT2D eigenvalue weighted by atomic mass is 35.5. The molecule has 0 aliphatic rings. The minimum absolute atomic E-state index is 0.429. The molecule has 0 saturated heterocycles. The van der Waals surface area contributed by atoms with E-state index in [9.17, 15) is 0 Å². The molecule has 1 heterocycles. The number of pyridine rings is 1. The van der Waals surface area contributed by atoms with Gasteiger partial charge in [0, 0.05) is 5.22 Å². The number of hydrogen-bond donors (Lipinski definition) is 0. The van der Waals surface area contributed by atoms with Gasteiger partial charge < -0.3 is 0 Å². The van der Waals surface area contributed by atoms with Gasteiger partial charge in [-0.2, -0.15) is 0 Å². The molecule has 0 bridgehead atoms. The molecule has 0 aliphatic heterocycles. The van der Waals surface area contributed by atoms with Crippen molar-refractivity contribution in [1.29, 1.82) is 0 Å². The molecule has 1 aromatic heterocycles. The Bertz CT molecular complexity index is 396. The van der Waals surface area contributed by atoms with Crippen LogP contribution < -0.4 is 10.6 Å². The zero-order valence-electron chi connectivity index (χ0n) is 8.94. The Morgan fingerprint density at radius 1 is 1.14 bits per heavy atom. The van der Waals surface area contributed by atoms with Crippen molar-refractivity contribution in [2.75, 3.05) is 0 Å². The van der Waals surface area contributed by atoms with Crippen molar-refractivity contribution in [3.63, 3.8) is 0 Å². The van der Waals surface area contributed by atoms with Gasteiger partial charge in [0.15, 0.2) is 0 Å². The number of aromatic nitrogens is 1. The molecule has 0 radical (unpaired) electrons. The number of halogens is 2. The first kappa shape index (κ1) is 13.5. The van der Waals surface area contributed by atoms with Gasteiger partial charge in [0.2, 0.25) is 0 Å². The lowest BCUT2D eigenvalue weighted by Crippen LogP contribution is -2.28. The van der Waals surface area contributed by atoms with Crippen molar-refractivity contribution in [1.82, 2.24) is 4.98 Å². The topological polar surface area (TPSA) is 12.9 Å². The van der Waals surface area contributed by atoms with E-state index in [1.165, 1.54) is 0 Å². The highest BCUT2D eigenvalue weighted by molar-refractivity contribution is 6.33. The van der Waals surface area contributed by atoms with E-state index in [-0.39, 0.29) is 0 Å². The summed E-state index contributed by atoms with van der Waals surface area (Å²) in [7, 11) is 0. The molecule has 0 fully saturated rings. The summed E-state index contributed by atoms with van der Waals surface area (Å²) in [4.78, 5) is 4.12. The van der Waals surface area contributed by atoms with Crippen LogP contribution in [-0.4, -0.2) is 4.98 Å². The first-order valence-corrected chi connectivity index (χ1v) is 5.39. The van der Waals surface area contributed by atoms with E-state index in [0.717, 1.165) is 10.6 Å². The summed E-state index contributed by atoms with van der Waals surface area (Å²) in [6.45, 7) is 7.83. The van der Waals surface area contributed by atoms with Crippen LogP contribution in [0.3, 0.4) is 0 Å². The van der Waals surface area contributed by atoms with Crippen molar-refractivity contribution >= 4 is 35.4 Å². The minimum Gasteiger partial charge on any atom is -0.236 e. The highest BCUT2D eigenvalue weighted by Gasteiger charge is 1.95. The first-order chi connectivity index (χ1) is 6.69. The van der Waals surface area contributed by atoms with Crippen LogP contribution >= 0.6 is 23.2 Å². The summed E-state index contributed by atoms with van der Waals surface area (Å²) in [6.07, 6.45) is 3.80. The summed E-state index contributed by atoms with van der Waals surface area (Å²) < 4.78 is 0. The Kier molecular flexibility index (Phi) is 6.60. The summed E-state index contributed by atoms with van der Waals surface area (Å²) in [5, 5.41) is 2.84. The number of hydrogen-bond acceptors (Lipinski definition) is 1. The molecule has 0 spiro atoms. The van der Waals surface area contributed by atoms with E-state index in [1.807, 2.05) is 39.8 Å². The van der Waals surface area contributed by atoms with Crippen LogP contribution in [-0.2, 0) is 0 Å². The van der Waals surface area contributed by atoms with Gasteiger partial charge in [-0.3, -0.25) is 0 Å². The largest absolute Gasteiger partial charge is 0.236 e. The van der Waals surface area contributed by atoms with Gasteiger partial charge in [0.1, 0.15) is 5.15 Å². The molecule has 0 atom stereocenters. The molecule has 1 rings (SSSR count). The Labute approximate surface area is 95.1 Å². The lowest BCUT2D eigenvalue weighted by Gasteiger charge is -1.94. The Balaban J connectivity index is 0.000000791. The molecule has 0 saturated carbocycles. The smallest absolute Gasteiger partial charge is 0.131 e. The first-order valence-electron chi connectivity index (χ1n) is 4.63. The Hall–Kier alpha value is -0.530. The standard InChI is InChI=1S/C9H9Cl2N.C2H6/c1-3-6-7(10)5-9(11)12-8(6)4-2;1-2/h3-5H,1-2H3;1-2H3/b6-3-,8-4+;. The summed E-state index contributed by atoms with van der Waals surface area (Å²) >= 11 is 11.7. The van der Waals surface area contributed by atoms with Crippen molar-refractivity contribution in [2.45, 2.75) is 27.7 Å². The van der Waals surface area contributed by atoms with Gasteiger partial charge in [0.25, 0.3) is 0 Å². The minimum atomic E-state index is 0.429. The van der Waals surface area contributed by atoms with Gasteiger partial charge >= 0.3 is 0 Å². The van der Waals surface area contributed by atoms with E-state index in [0.29, 0.717) is 10.2 Å². The van der Waals surface area contributed by atoms with E-state index in [4.69, 9.17) is 23.2 Å². The quantitative estimate of drug-likeness (QED) is 0.626. The lowest BCUT2D eigenvalue weighted by molar-refractivity contribution is 1.21. The van der Waals surface area contributed by atoms with Crippen molar-refractivity contribution in [2.24, 2.45) is 0 Å². The van der Waals surface area contributed by atoms with Gasteiger partial charge in [-0.1, -0.05) is 49.2 Å². The van der Waals surface area contributed by atoms with E-state index >= 15 is 0 Å². The fourth-order valence-electron chi connectivity index (χ4n) is 1.02. The molecule has 1 aromatic rings. The number of rotatable bonds is 0. The molecule has 1 nitrogen and oxygen atoms in total. The van der Waals surface area contributed by atoms with Crippen molar-refractivity contribution in [3.05, 3.63) is 26.8 Å². The third-order valence-corrected chi connectivity index (χ3v) is 2.07. The van der Waals surface area contributed by atoms with Crippen molar-refractivity contribution < 1.29 is 0 Å². The molecule has 0 N–H and O–H groups in total. The molecule has 0 amide bonds. The molecule has 0 aliphatic carbocycles. The highest BCUT2D eigenvalue weighted by Crippen LogP contribution is 2.05. The van der Waals surface area contributed by atoms with E-state index in [2.05, 4.69) is 4.98 Å². The summed E-state index contributed by atoms with van der Waals surface area (Å²) in [5.74, 6) is 0. The zero-order valence-corrected chi connectivity index (χ0v) is 10.4. The van der Waals surface area contributed by atoms with Crippen molar-refractivity contribution in [3.8, 4) is 0 Å². The SMILES string of the molecule is C/C=c1/nc(Cl)cc(Cl)/c1=C/C.CC. The molecular formula is C11H15Cl2N. The average molecular weight is 232 g/mol. The monoisotopic (exact) mass is 231 g/mol. The Morgan fingerprint density at radius 2 is 1.71 bits per heavy atom. The number of nitrogens with zero attached hydrogens (tertiary/aromatic N) is 1. The fraction of sp³-hybridized carbons (Fsp3) is 0.364. The third kappa shape index (κ3) is 3.32. The van der Waals surface area contributed by atoms with E-state index < -0.39 is 0 Å². The second-order valence-corrected chi connectivity index (χ2v) is 3.10. The second-order valence-electron chi connectivity index (χ2n) is 2.30. The normalized spacial score (nSPS) is 12.4. The van der Waals surface area contributed by atoms with Crippen LogP contribution in [0.1, 0.15) is 27.7 Å². The van der Waals surface area contributed by atoms with Gasteiger partial charge in [-0.25, -0.2) is 4.98 Å². The average Bonchev–Trinajstić information content (AvgIpc) is 2.19. The molecule has 0 unspecified atom stereocenters.